The lowest BCUT2D eigenvalue weighted by atomic mass is 10.1. The smallest absolute Gasteiger partial charge is 0.239 e. The summed E-state index contributed by atoms with van der Waals surface area (Å²) < 4.78 is 0. The number of nitrogens with one attached hydrogen (secondary N) is 2. The maximum Gasteiger partial charge on any atom is 0.239 e. The van der Waals surface area contributed by atoms with Crippen molar-refractivity contribution in [1.82, 2.24) is 5.32 Å². The monoisotopic (exact) mass is 336 g/mol. The summed E-state index contributed by atoms with van der Waals surface area (Å²) in [5.41, 5.74) is 2.99. The summed E-state index contributed by atoms with van der Waals surface area (Å²) in [6.07, 6.45) is 0.777. The number of hydrogen-bond acceptors (Lipinski definition) is 2. The number of carbonyl (C=O) groups is 1. The molecule has 5 heteroatoms. The number of benzene rings is 2. The SMILES string of the molecule is Cc1ccc(NCC(=O)NCCc2ccc(Cl)cc2)cc1Cl. The molecule has 0 saturated heterocycles. The van der Waals surface area contributed by atoms with Gasteiger partial charge in [0, 0.05) is 22.3 Å². The van der Waals surface area contributed by atoms with Gasteiger partial charge in [-0.25, -0.2) is 0 Å². The number of carbonyl (C=O) groups excluding carboxylic acids is 1. The minimum absolute atomic E-state index is 0.0503. The van der Waals surface area contributed by atoms with E-state index < -0.39 is 0 Å². The molecule has 0 bridgehead atoms. The lowest BCUT2D eigenvalue weighted by molar-refractivity contribution is -0.119. The summed E-state index contributed by atoms with van der Waals surface area (Å²) in [6.45, 7) is 2.76. The zero-order valence-corrected chi connectivity index (χ0v) is 13.8. The first kappa shape index (κ1) is 16.7. The number of aryl methyl sites for hydroxylation is 1. The maximum atomic E-state index is 11.8. The van der Waals surface area contributed by atoms with Crippen LogP contribution in [0.15, 0.2) is 42.5 Å². The summed E-state index contributed by atoms with van der Waals surface area (Å²) in [7, 11) is 0. The Kier molecular flexibility index (Phi) is 6.10. The average molecular weight is 337 g/mol. The van der Waals surface area contributed by atoms with Crippen LogP contribution in [-0.2, 0) is 11.2 Å². The average Bonchev–Trinajstić information content (AvgIpc) is 2.50. The van der Waals surface area contributed by atoms with Crippen molar-refractivity contribution >= 4 is 34.8 Å². The molecule has 0 atom stereocenters. The second-order valence-electron chi connectivity index (χ2n) is 5.04. The van der Waals surface area contributed by atoms with Crippen LogP contribution in [0.25, 0.3) is 0 Å². The van der Waals surface area contributed by atoms with Gasteiger partial charge in [-0.3, -0.25) is 4.79 Å². The molecule has 3 nitrogen and oxygen atoms in total. The van der Waals surface area contributed by atoms with Crippen molar-refractivity contribution < 1.29 is 4.79 Å². The molecule has 2 rings (SSSR count). The third kappa shape index (κ3) is 5.24. The zero-order valence-electron chi connectivity index (χ0n) is 12.3. The highest BCUT2D eigenvalue weighted by molar-refractivity contribution is 6.31. The van der Waals surface area contributed by atoms with E-state index in [1.807, 2.05) is 49.4 Å². The summed E-state index contributed by atoms with van der Waals surface area (Å²) in [4.78, 5) is 11.8. The first-order valence-electron chi connectivity index (χ1n) is 7.06. The molecule has 22 heavy (non-hydrogen) atoms. The fourth-order valence-electron chi connectivity index (χ4n) is 1.94. The van der Waals surface area contributed by atoms with Crippen LogP contribution in [-0.4, -0.2) is 19.0 Å². The Morgan fingerprint density at radius 3 is 2.50 bits per heavy atom. The number of hydrogen-bond donors (Lipinski definition) is 2. The van der Waals surface area contributed by atoms with Crippen LogP contribution in [0.3, 0.4) is 0 Å². The van der Waals surface area contributed by atoms with Gasteiger partial charge in [0.25, 0.3) is 0 Å². The third-order valence-corrected chi connectivity index (χ3v) is 3.93. The highest BCUT2D eigenvalue weighted by Gasteiger charge is 2.02. The Hall–Kier alpha value is -1.71. The summed E-state index contributed by atoms with van der Waals surface area (Å²) >= 11 is 11.9. The van der Waals surface area contributed by atoms with Gasteiger partial charge in [0.2, 0.25) is 5.91 Å². The lowest BCUT2D eigenvalue weighted by Gasteiger charge is -2.09. The molecular formula is C17H18Cl2N2O. The molecule has 0 fully saturated rings. The molecule has 1 amide bonds. The van der Waals surface area contributed by atoms with E-state index >= 15 is 0 Å². The van der Waals surface area contributed by atoms with E-state index in [1.165, 1.54) is 0 Å². The Morgan fingerprint density at radius 1 is 1.09 bits per heavy atom. The quantitative estimate of drug-likeness (QED) is 0.834. The van der Waals surface area contributed by atoms with Crippen molar-refractivity contribution in [2.24, 2.45) is 0 Å². The predicted octanol–water partition coefficient (Wildman–Crippen LogP) is 4.07. The Bertz CT molecular complexity index is 642. The molecule has 116 valence electrons. The maximum absolute atomic E-state index is 11.8. The van der Waals surface area contributed by atoms with Crippen molar-refractivity contribution in [3.8, 4) is 0 Å². The van der Waals surface area contributed by atoms with Gasteiger partial charge in [0.1, 0.15) is 0 Å². The molecule has 2 aromatic carbocycles. The van der Waals surface area contributed by atoms with Crippen molar-refractivity contribution in [2.75, 3.05) is 18.4 Å². The molecule has 0 aliphatic carbocycles. The van der Waals surface area contributed by atoms with Gasteiger partial charge in [-0.2, -0.15) is 0 Å². The molecule has 0 saturated carbocycles. The van der Waals surface area contributed by atoms with Crippen molar-refractivity contribution in [1.29, 1.82) is 0 Å². The van der Waals surface area contributed by atoms with Crippen LogP contribution in [0.2, 0.25) is 10.0 Å². The molecule has 2 N–H and O–H groups in total. The van der Waals surface area contributed by atoms with Crippen LogP contribution < -0.4 is 10.6 Å². The number of rotatable bonds is 6. The van der Waals surface area contributed by atoms with E-state index in [0.717, 1.165) is 23.2 Å². The van der Waals surface area contributed by atoms with Crippen molar-refractivity contribution in [2.45, 2.75) is 13.3 Å². The minimum Gasteiger partial charge on any atom is -0.376 e. The highest BCUT2D eigenvalue weighted by Crippen LogP contribution is 2.19. The fraction of sp³-hybridized carbons (Fsp3) is 0.235. The van der Waals surface area contributed by atoms with Crippen LogP contribution in [0.5, 0.6) is 0 Å². The van der Waals surface area contributed by atoms with Gasteiger partial charge >= 0.3 is 0 Å². The van der Waals surface area contributed by atoms with Gasteiger partial charge in [-0.1, -0.05) is 41.4 Å². The second kappa shape index (κ2) is 8.06. The van der Waals surface area contributed by atoms with Crippen LogP contribution in [0, 0.1) is 6.92 Å². The molecule has 2 aromatic rings. The Morgan fingerprint density at radius 2 is 1.82 bits per heavy atom. The molecule has 0 unspecified atom stereocenters. The normalized spacial score (nSPS) is 10.3. The van der Waals surface area contributed by atoms with Crippen molar-refractivity contribution in [3.05, 3.63) is 63.6 Å². The highest BCUT2D eigenvalue weighted by atomic mass is 35.5. The van der Waals surface area contributed by atoms with Gasteiger partial charge in [0.15, 0.2) is 0 Å². The van der Waals surface area contributed by atoms with Gasteiger partial charge in [-0.05, 0) is 48.7 Å². The van der Waals surface area contributed by atoms with E-state index in [-0.39, 0.29) is 12.5 Å². The molecule has 0 heterocycles. The summed E-state index contributed by atoms with van der Waals surface area (Å²) in [5.74, 6) is -0.0503. The number of amides is 1. The molecule has 0 aromatic heterocycles. The lowest BCUT2D eigenvalue weighted by Crippen LogP contribution is -2.31. The number of anilines is 1. The van der Waals surface area contributed by atoms with Crippen LogP contribution in [0.1, 0.15) is 11.1 Å². The fourth-order valence-corrected chi connectivity index (χ4v) is 2.25. The van der Waals surface area contributed by atoms with E-state index in [9.17, 15) is 4.79 Å². The van der Waals surface area contributed by atoms with Gasteiger partial charge in [0.05, 0.1) is 6.54 Å². The Balaban J connectivity index is 1.71. The minimum atomic E-state index is -0.0503. The van der Waals surface area contributed by atoms with E-state index in [0.29, 0.717) is 16.6 Å². The first-order valence-corrected chi connectivity index (χ1v) is 7.81. The summed E-state index contributed by atoms with van der Waals surface area (Å²) in [6, 6.07) is 13.3. The van der Waals surface area contributed by atoms with E-state index in [2.05, 4.69) is 10.6 Å². The molecule has 0 aliphatic rings. The topological polar surface area (TPSA) is 41.1 Å². The largest absolute Gasteiger partial charge is 0.376 e. The van der Waals surface area contributed by atoms with Crippen LogP contribution in [0.4, 0.5) is 5.69 Å². The van der Waals surface area contributed by atoms with E-state index in [1.54, 1.807) is 0 Å². The summed E-state index contributed by atoms with van der Waals surface area (Å²) in [5, 5.41) is 7.33. The van der Waals surface area contributed by atoms with Gasteiger partial charge in [-0.15, -0.1) is 0 Å². The molecule has 0 aliphatic heterocycles. The molecule has 0 spiro atoms. The van der Waals surface area contributed by atoms with Gasteiger partial charge < -0.3 is 10.6 Å². The Labute approximate surface area is 140 Å². The predicted molar refractivity (Wildman–Crippen MR) is 92.8 cm³/mol. The zero-order chi connectivity index (χ0) is 15.9. The molecular weight excluding hydrogens is 319 g/mol. The van der Waals surface area contributed by atoms with Crippen LogP contribution >= 0.6 is 23.2 Å². The third-order valence-electron chi connectivity index (χ3n) is 3.27. The first-order chi connectivity index (χ1) is 10.5. The van der Waals surface area contributed by atoms with Crippen molar-refractivity contribution in [3.63, 3.8) is 0 Å². The number of halogens is 2. The molecule has 0 radical (unpaired) electrons. The second-order valence-corrected chi connectivity index (χ2v) is 5.89. The standard InChI is InChI=1S/C17H18Cl2N2O/c1-12-2-7-15(10-16(12)19)21-11-17(22)20-9-8-13-3-5-14(18)6-4-13/h2-7,10,21H,8-9,11H2,1H3,(H,20,22). The van der Waals surface area contributed by atoms with E-state index in [4.69, 9.17) is 23.2 Å².